The van der Waals surface area contributed by atoms with Gasteiger partial charge in [0.05, 0.1) is 0 Å². The first-order chi connectivity index (χ1) is 8.54. The minimum absolute atomic E-state index is 0.0100. The topological polar surface area (TPSA) is 79.5 Å². The molecular formula is C13H17NO4. The quantitative estimate of drug-likeness (QED) is 0.576. The first-order valence-electron chi connectivity index (χ1n) is 5.79. The normalized spacial score (nSPS) is 11.8. The van der Waals surface area contributed by atoms with Gasteiger partial charge in [-0.05, 0) is 38.3 Å². The molecule has 5 nitrogen and oxygen atoms in total. The van der Waals surface area contributed by atoms with Crippen molar-refractivity contribution in [3.05, 3.63) is 36.3 Å². The zero-order chi connectivity index (χ0) is 13.5. The minimum Gasteiger partial charge on any atom is -0.475 e. The van der Waals surface area contributed by atoms with Crippen molar-refractivity contribution in [2.45, 2.75) is 32.2 Å². The van der Waals surface area contributed by atoms with Crippen molar-refractivity contribution < 1.29 is 19.1 Å². The lowest BCUT2D eigenvalue weighted by Crippen LogP contribution is -2.32. The number of furan rings is 1. The third-order valence-electron chi connectivity index (χ3n) is 2.46. The van der Waals surface area contributed by atoms with Crippen LogP contribution >= 0.6 is 0 Å². The fourth-order valence-electron chi connectivity index (χ4n) is 1.51. The summed E-state index contributed by atoms with van der Waals surface area (Å²) in [5, 5.41) is 11.4. The third kappa shape index (κ3) is 4.08. The zero-order valence-electron chi connectivity index (χ0n) is 10.3. The van der Waals surface area contributed by atoms with Crippen LogP contribution in [-0.2, 0) is 0 Å². The molecule has 1 atom stereocenters. The minimum atomic E-state index is -1.19. The molecular weight excluding hydrogens is 234 g/mol. The number of aromatic carboxylic acids is 1. The Hall–Kier alpha value is -2.04. The molecule has 1 amide bonds. The van der Waals surface area contributed by atoms with Crippen LogP contribution in [0.25, 0.3) is 0 Å². The monoisotopic (exact) mass is 251 g/mol. The van der Waals surface area contributed by atoms with Crippen molar-refractivity contribution in [2.75, 3.05) is 0 Å². The molecule has 0 aliphatic rings. The lowest BCUT2D eigenvalue weighted by molar-refractivity contribution is 0.0659. The fraction of sp³-hybridized carbons (Fsp3) is 0.385. The standard InChI is InChI=1S/C13H17NO4/c1-3-4-5-6-9(2)14-12(15)10-7-8-11(18-10)13(16)17/h3,7-9H,1,4-6H2,2H3,(H,14,15)(H,16,17). The Morgan fingerprint density at radius 2 is 2.17 bits per heavy atom. The van der Waals surface area contributed by atoms with Crippen LogP contribution in [0.1, 0.15) is 47.3 Å². The van der Waals surface area contributed by atoms with Gasteiger partial charge in [-0.1, -0.05) is 6.08 Å². The fourth-order valence-corrected chi connectivity index (χ4v) is 1.51. The van der Waals surface area contributed by atoms with E-state index in [-0.39, 0.29) is 17.6 Å². The molecule has 1 aromatic heterocycles. The molecule has 0 saturated carbocycles. The molecule has 1 aromatic rings. The number of hydrogen-bond donors (Lipinski definition) is 2. The van der Waals surface area contributed by atoms with Gasteiger partial charge in [0.1, 0.15) is 0 Å². The van der Waals surface area contributed by atoms with Crippen LogP contribution < -0.4 is 5.32 Å². The first-order valence-corrected chi connectivity index (χ1v) is 5.79. The van der Waals surface area contributed by atoms with Gasteiger partial charge in [0, 0.05) is 6.04 Å². The Labute approximate surface area is 105 Å². The summed E-state index contributed by atoms with van der Waals surface area (Å²) in [6.07, 6.45) is 4.53. The molecule has 0 fully saturated rings. The number of allylic oxidation sites excluding steroid dienone is 1. The zero-order valence-corrected chi connectivity index (χ0v) is 10.3. The van der Waals surface area contributed by atoms with Gasteiger partial charge in [0.25, 0.3) is 5.91 Å². The number of rotatable bonds is 7. The van der Waals surface area contributed by atoms with Gasteiger partial charge in [0.15, 0.2) is 5.76 Å². The molecule has 0 spiro atoms. The molecule has 0 saturated heterocycles. The van der Waals surface area contributed by atoms with Crippen molar-refractivity contribution >= 4 is 11.9 Å². The summed E-state index contributed by atoms with van der Waals surface area (Å²) in [5.74, 6) is -1.80. The molecule has 18 heavy (non-hydrogen) atoms. The second-order valence-electron chi connectivity index (χ2n) is 4.06. The summed E-state index contributed by atoms with van der Waals surface area (Å²) in [6, 6.07) is 2.63. The Bertz CT molecular complexity index is 436. The molecule has 0 bridgehead atoms. The third-order valence-corrected chi connectivity index (χ3v) is 2.46. The van der Waals surface area contributed by atoms with Crippen molar-refractivity contribution in [3.63, 3.8) is 0 Å². The maximum absolute atomic E-state index is 11.7. The Kier molecular flexibility index (Phi) is 5.17. The molecule has 1 rings (SSSR count). The number of carbonyl (C=O) groups excluding carboxylic acids is 1. The van der Waals surface area contributed by atoms with Crippen LogP contribution in [0.15, 0.2) is 29.2 Å². The summed E-state index contributed by atoms with van der Waals surface area (Å²) < 4.78 is 4.91. The van der Waals surface area contributed by atoms with Gasteiger partial charge in [-0.3, -0.25) is 4.79 Å². The van der Waals surface area contributed by atoms with E-state index in [0.717, 1.165) is 19.3 Å². The highest BCUT2D eigenvalue weighted by atomic mass is 16.4. The van der Waals surface area contributed by atoms with Gasteiger partial charge in [-0.2, -0.15) is 0 Å². The van der Waals surface area contributed by atoms with Crippen LogP contribution in [0.5, 0.6) is 0 Å². The van der Waals surface area contributed by atoms with Crippen molar-refractivity contribution in [3.8, 4) is 0 Å². The number of nitrogens with one attached hydrogen (secondary N) is 1. The van der Waals surface area contributed by atoms with Gasteiger partial charge in [-0.15, -0.1) is 6.58 Å². The maximum Gasteiger partial charge on any atom is 0.371 e. The van der Waals surface area contributed by atoms with E-state index in [1.54, 1.807) is 0 Å². The van der Waals surface area contributed by atoms with E-state index in [0.29, 0.717) is 0 Å². The average molecular weight is 251 g/mol. The summed E-state index contributed by atoms with van der Waals surface area (Å²) in [7, 11) is 0. The van der Waals surface area contributed by atoms with Crippen LogP contribution in [0.4, 0.5) is 0 Å². The second-order valence-corrected chi connectivity index (χ2v) is 4.06. The maximum atomic E-state index is 11.7. The number of carboxylic acids is 1. The van der Waals surface area contributed by atoms with Crippen molar-refractivity contribution in [1.29, 1.82) is 0 Å². The Balaban J connectivity index is 2.48. The first kappa shape index (κ1) is 14.0. The summed E-state index contributed by atoms with van der Waals surface area (Å²) in [4.78, 5) is 22.3. The van der Waals surface area contributed by atoms with E-state index in [1.807, 2.05) is 13.0 Å². The molecule has 0 radical (unpaired) electrons. The molecule has 1 unspecified atom stereocenters. The summed E-state index contributed by atoms with van der Waals surface area (Å²) in [5.41, 5.74) is 0. The van der Waals surface area contributed by atoms with Gasteiger partial charge in [-0.25, -0.2) is 4.79 Å². The van der Waals surface area contributed by atoms with Gasteiger partial charge >= 0.3 is 5.97 Å². The van der Waals surface area contributed by atoms with E-state index < -0.39 is 11.9 Å². The summed E-state index contributed by atoms with van der Waals surface area (Å²) >= 11 is 0. The summed E-state index contributed by atoms with van der Waals surface area (Å²) in [6.45, 7) is 5.52. The van der Waals surface area contributed by atoms with Crippen LogP contribution in [0.2, 0.25) is 0 Å². The molecule has 0 aliphatic carbocycles. The largest absolute Gasteiger partial charge is 0.475 e. The van der Waals surface area contributed by atoms with E-state index in [9.17, 15) is 9.59 Å². The highest BCUT2D eigenvalue weighted by Crippen LogP contribution is 2.09. The number of unbranched alkanes of at least 4 members (excludes halogenated alkanes) is 1. The van der Waals surface area contributed by atoms with Crippen molar-refractivity contribution in [1.82, 2.24) is 5.32 Å². The van der Waals surface area contributed by atoms with E-state index >= 15 is 0 Å². The van der Waals surface area contributed by atoms with Gasteiger partial charge in [0.2, 0.25) is 5.76 Å². The van der Waals surface area contributed by atoms with Gasteiger partial charge < -0.3 is 14.8 Å². The van der Waals surface area contributed by atoms with Crippen molar-refractivity contribution in [2.24, 2.45) is 0 Å². The van der Waals surface area contributed by atoms with E-state index in [4.69, 9.17) is 9.52 Å². The highest BCUT2D eigenvalue weighted by Gasteiger charge is 2.16. The second kappa shape index (κ2) is 6.64. The lowest BCUT2D eigenvalue weighted by atomic mass is 10.1. The number of amides is 1. The van der Waals surface area contributed by atoms with E-state index in [1.165, 1.54) is 12.1 Å². The molecule has 98 valence electrons. The SMILES string of the molecule is C=CCCCC(C)NC(=O)c1ccc(C(=O)O)o1. The predicted octanol–water partition coefficient (Wildman–Crippen LogP) is 2.45. The predicted molar refractivity (Wildman–Crippen MR) is 66.6 cm³/mol. The molecule has 0 aliphatic heterocycles. The molecule has 0 aromatic carbocycles. The average Bonchev–Trinajstić information content (AvgIpc) is 2.78. The van der Waals surface area contributed by atoms with E-state index in [2.05, 4.69) is 11.9 Å². The Morgan fingerprint density at radius 3 is 2.72 bits per heavy atom. The molecule has 1 heterocycles. The smallest absolute Gasteiger partial charge is 0.371 e. The lowest BCUT2D eigenvalue weighted by Gasteiger charge is -2.11. The van der Waals surface area contributed by atoms with Crippen LogP contribution in [-0.4, -0.2) is 23.0 Å². The number of carboxylic acid groups (broad SMARTS) is 1. The Morgan fingerprint density at radius 1 is 1.50 bits per heavy atom. The van der Waals surface area contributed by atoms with Crippen LogP contribution in [0, 0.1) is 0 Å². The van der Waals surface area contributed by atoms with Crippen LogP contribution in [0.3, 0.4) is 0 Å². The number of hydrogen-bond acceptors (Lipinski definition) is 3. The molecule has 2 N–H and O–H groups in total. The number of carbonyl (C=O) groups is 2. The molecule has 5 heteroatoms. The highest BCUT2D eigenvalue weighted by molar-refractivity contribution is 5.93.